The minimum Gasteiger partial charge on any atom is -0.355 e. The summed E-state index contributed by atoms with van der Waals surface area (Å²) in [6.45, 7) is 3.45. The summed E-state index contributed by atoms with van der Waals surface area (Å²) >= 11 is 0. The van der Waals surface area contributed by atoms with Gasteiger partial charge in [-0.25, -0.2) is 5.90 Å². The maximum atomic E-state index is 12.2. The van der Waals surface area contributed by atoms with Crippen molar-refractivity contribution in [2.75, 3.05) is 31.2 Å². The second-order valence-corrected chi connectivity index (χ2v) is 9.43. The van der Waals surface area contributed by atoms with Gasteiger partial charge in [0.25, 0.3) is 0 Å². The molecule has 0 aromatic heterocycles. The van der Waals surface area contributed by atoms with Gasteiger partial charge >= 0.3 is 0 Å². The van der Waals surface area contributed by atoms with E-state index in [2.05, 4.69) is 5.32 Å². The van der Waals surface area contributed by atoms with Gasteiger partial charge in [0.15, 0.2) is 0 Å². The Balaban J connectivity index is 1.93. The number of nitrogens with one attached hydrogen (secondary N) is 1. The Hall–Kier alpha value is -0.770. The second-order valence-electron chi connectivity index (χ2n) is 6.72. The van der Waals surface area contributed by atoms with Crippen LogP contribution in [0.5, 0.6) is 0 Å². The molecule has 156 valence electrons. The van der Waals surface area contributed by atoms with Gasteiger partial charge in [0, 0.05) is 43.9 Å². The van der Waals surface area contributed by atoms with Crippen molar-refractivity contribution >= 4 is 39.2 Å². The van der Waals surface area contributed by atoms with Crippen molar-refractivity contribution in [1.82, 2.24) is 10.2 Å². The molecule has 1 aliphatic rings. The van der Waals surface area contributed by atoms with E-state index in [4.69, 9.17) is 10.7 Å². The summed E-state index contributed by atoms with van der Waals surface area (Å²) in [6, 6.07) is 0.135. The molecule has 9 heteroatoms. The van der Waals surface area contributed by atoms with Crippen LogP contribution >= 0.6 is 21.6 Å². The van der Waals surface area contributed by atoms with E-state index in [0.29, 0.717) is 32.4 Å². The molecule has 0 spiro atoms. The van der Waals surface area contributed by atoms with Crippen molar-refractivity contribution in [3.8, 4) is 0 Å². The fourth-order valence-corrected chi connectivity index (χ4v) is 4.97. The van der Waals surface area contributed by atoms with E-state index in [1.165, 1.54) is 0 Å². The van der Waals surface area contributed by atoms with Gasteiger partial charge in [-0.2, -0.15) is 0 Å². The van der Waals surface area contributed by atoms with E-state index >= 15 is 0 Å². The molecule has 7 nitrogen and oxygen atoms in total. The largest absolute Gasteiger partial charge is 0.355 e. The molecule has 1 saturated heterocycles. The lowest BCUT2D eigenvalue weighted by molar-refractivity contribution is -0.133. The highest BCUT2D eigenvalue weighted by atomic mass is 33.1. The molecule has 0 saturated carbocycles. The van der Waals surface area contributed by atoms with Crippen LogP contribution in [-0.4, -0.2) is 59.7 Å². The number of amides is 2. The van der Waals surface area contributed by atoms with Gasteiger partial charge in [-0.1, -0.05) is 21.6 Å². The summed E-state index contributed by atoms with van der Waals surface area (Å²) in [4.78, 5) is 41.3. The van der Waals surface area contributed by atoms with Crippen LogP contribution in [0.4, 0.5) is 0 Å². The van der Waals surface area contributed by atoms with Crippen LogP contribution in [0.3, 0.4) is 0 Å². The monoisotopic (exact) mass is 419 g/mol. The van der Waals surface area contributed by atoms with Crippen molar-refractivity contribution in [3.05, 3.63) is 0 Å². The molecule has 0 aromatic rings. The number of carbonyl (C=O) groups excluding carboxylic acids is 3. The summed E-state index contributed by atoms with van der Waals surface area (Å²) in [5, 5.41) is 2.89. The summed E-state index contributed by atoms with van der Waals surface area (Å²) in [5.41, 5.74) is 0. The van der Waals surface area contributed by atoms with Gasteiger partial charge < -0.3 is 19.8 Å². The molecule has 0 aliphatic carbocycles. The topological polar surface area (TPSA) is 102 Å². The number of unbranched alkanes of at least 4 members (excludes halogenated alkanes) is 1. The first-order valence-electron chi connectivity index (χ1n) is 9.66. The highest BCUT2D eigenvalue weighted by Crippen LogP contribution is 2.23. The van der Waals surface area contributed by atoms with E-state index < -0.39 is 0 Å². The molecular weight excluding hydrogens is 386 g/mol. The fourth-order valence-electron chi connectivity index (χ4n) is 2.97. The number of nitrogens with zero attached hydrogens (tertiary/aromatic N) is 1. The molecule has 0 aromatic carbocycles. The van der Waals surface area contributed by atoms with E-state index in [1.54, 1.807) is 28.5 Å². The van der Waals surface area contributed by atoms with Crippen molar-refractivity contribution in [3.63, 3.8) is 0 Å². The fraction of sp³-hybridized carbons (Fsp3) is 0.833. The van der Waals surface area contributed by atoms with Crippen molar-refractivity contribution in [2.24, 2.45) is 5.90 Å². The van der Waals surface area contributed by atoms with Crippen LogP contribution in [-0.2, 0) is 19.2 Å². The van der Waals surface area contributed by atoms with Crippen LogP contribution in [0.1, 0.15) is 58.3 Å². The number of hydrogen-bond donors (Lipinski definition) is 2. The molecule has 2 amide bonds. The SMILES string of the molecule is CC(=O)CCCCC(=O)NCCSSCCCC(=O)N1CCCC1CON. The Morgan fingerprint density at radius 2 is 1.85 bits per heavy atom. The Bertz CT molecular complexity index is 466. The molecule has 1 aliphatic heterocycles. The standard InChI is InChI=1S/C18H33N3O4S2/c1-15(22)6-2-3-8-17(23)20-10-13-27-26-12-5-9-18(24)21-11-4-7-16(21)14-25-19/h16H,2-14,19H2,1H3,(H,20,23). The quantitative estimate of drug-likeness (QED) is 0.238. The van der Waals surface area contributed by atoms with Gasteiger partial charge in [0.2, 0.25) is 11.8 Å². The average molecular weight is 420 g/mol. The number of nitrogens with two attached hydrogens (primary N) is 1. The summed E-state index contributed by atoms with van der Waals surface area (Å²) in [6.07, 6.45) is 5.99. The highest BCUT2D eigenvalue weighted by molar-refractivity contribution is 8.76. The first-order valence-corrected chi connectivity index (χ1v) is 12.1. The predicted molar refractivity (Wildman–Crippen MR) is 111 cm³/mol. The number of Topliss-reactive ketones (excluding diaryl/α,β-unsaturated/α-hetero) is 1. The molecule has 1 unspecified atom stereocenters. The second kappa shape index (κ2) is 15.2. The lowest BCUT2D eigenvalue weighted by atomic mass is 10.1. The number of ketones is 1. The Labute approximate surface area is 170 Å². The predicted octanol–water partition coefficient (Wildman–Crippen LogP) is 2.29. The summed E-state index contributed by atoms with van der Waals surface area (Å²) in [5.74, 6) is 7.31. The van der Waals surface area contributed by atoms with Gasteiger partial charge in [-0.05, 0) is 39.0 Å². The maximum absolute atomic E-state index is 12.2. The first kappa shape index (κ1) is 24.3. The minimum absolute atomic E-state index is 0.0522. The van der Waals surface area contributed by atoms with Crippen LogP contribution in [0.2, 0.25) is 0 Å². The molecule has 1 atom stereocenters. The van der Waals surface area contributed by atoms with Crippen molar-refractivity contribution in [2.45, 2.75) is 64.3 Å². The van der Waals surface area contributed by atoms with Crippen LogP contribution in [0.25, 0.3) is 0 Å². The normalized spacial score (nSPS) is 16.5. The highest BCUT2D eigenvalue weighted by Gasteiger charge is 2.28. The first-order chi connectivity index (χ1) is 13.0. The van der Waals surface area contributed by atoms with Crippen molar-refractivity contribution in [1.29, 1.82) is 0 Å². The molecule has 3 N–H and O–H groups in total. The number of rotatable bonds is 15. The number of hydrogen-bond acceptors (Lipinski definition) is 7. The average Bonchev–Trinajstić information content (AvgIpc) is 3.09. The molecular formula is C18H33N3O4S2. The van der Waals surface area contributed by atoms with E-state index in [-0.39, 0.29) is 23.6 Å². The molecule has 1 fully saturated rings. The smallest absolute Gasteiger partial charge is 0.222 e. The van der Waals surface area contributed by atoms with E-state index in [1.807, 2.05) is 4.90 Å². The Morgan fingerprint density at radius 1 is 1.11 bits per heavy atom. The van der Waals surface area contributed by atoms with Gasteiger partial charge in [-0.3, -0.25) is 9.59 Å². The van der Waals surface area contributed by atoms with Crippen LogP contribution in [0.15, 0.2) is 0 Å². The lowest BCUT2D eigenvalue weighted by Gasteiger charge is -2.23. The van der Waals surface area contributed by atoms with E-state index in [0.717, 1.165) is 50.2 Å². The molecule has 0 radical (unpaired) electrons. The van der Waals surface area contributed by atoms with Crippen molar-refractivity contribution < 1.29 is 19.2 Å². The van der Waals surface area contributed by atoms with Gasteiger partial charge in [-0.15, -0.1) is 0 Å². The minimum atomic E-state index is 0.0522. The zero-order valence-electron chi connectivity index (χ0n) is 16.2. The van der Waals surface area contributed by atoms with Crippen LogP contribution < -0.4 is 11.2 Å². The third kappa shape index (κ3) is 11.6. The molecule has 1 heterocycles. The lowest BCUT2D eigenvalue weighted by Crippen LogP contribution is -2.38. The number of carbonyl (C=O) groups is 3. The third-order valence-corrected chi connectivity index (χ3v) is 6.87. The Morgan fingerprint density at radius 3 is 2.59 bits per heavy atom. The molecule has 27 heavy (non-hydrogen) atoms. The van der Waals surface area contributed by atoms with Gasteiger partial charge in [0.05, 0.1) is 12.6 Å². The number of likely N-dealkylation sites (tertiary alicyclic amines) is 1. The van der Waals surface area contributed by atoms with Crippen LogP contribution in [0, 0.1) is 0 Å². The van der Waals surface area contributed by atoms with E-state index in [9.17, 15) is 14.4 Å². The third-order valence-electron chi connectivity index (χ3n) is 4.38. The Kier molecular flexibility index (Phi) is 13.7. The maximum Gasteiger partial charge on any atom is 0.222 e. The molecule has 1 rings (SSSR count). The summed E-state index contributed by atoms with van der Waals surface area (Å²) < 4.78 is 0. The van der Waals surface area contributed by atoms with Gasteiger partial charge in [0.1, 0.15) is 5.78 Å². The molecule has 0 bridgehead atoms. The zero-order valence-corrected chi connectivity index (χ0v) is 17.9. The summed E-state index contributed by atoms with van der Waals surface area (Å²) in [7, 11) is 3.45. The zero-order chi connectivity index (χ0) is 19.9.